The minimum atomic E-state index is -0.178. The highest BCUT2D eigenvalue weighted by Crippen LogP contribution is 2.26. The summed E-state index contributed by atoms with van der Waals surface area (Å²) >= 11 is 0. The number of carbonyl (C=O) groups excluding carboxylic acids is 1. The van der Waals surface area contributed by atoms with Gasteiger partial charge in [0.15, 0.2) is 5.82 Å². The molecule has 5 heteroatoms. The van der Waals surface area contributed by atoms with Crippen LogP contribution in [0.2, 0.25) is 0 Å². The van der Waals surface area contributed by atoms with Gasteiger partial charge in [-0.2, -0.15) is 5.10 Å². The van der Waals surface area contributed by atoms with Crippen LogP contribution in [0.3, 0.4) is 0 Å². The van der Waals surface area contributed by atoms with E-state index in [-0.39, 0.29) is 5.91 Å². The Kier molecular flexibility index (Phi) is 4.92. The number of nitrogens with one attached hydrogen (secondary N) is 2. The van der Waals surface area contributed by atoms with Gasteiger partial charge in [-0.05, 0) is 19.8 Å². The first kappa shape index (κ1) is 13.5. The molecule has 0 radical (unpaired) electrons. The Balaban J connectivity index is 1.91. The van der Waals surface area contributed by atoms with Crippen molar-refractivity contribution in [2.45, 2.75) is 25.7 Å². The quantitative estimate of drug-likeness (QED) is 0.646. The molecule has 1 amide bonds. The van der Waals surface area contributed by atoms with Gasteiger partial charge in [-0.15, -0.1) is 0 Å². The van der Waals surface area contributed by atoms with Gasteiger partial charge in [0.1, 0.15) is 0 Å². The zero-order chi connectivity index (χ0) is 13.5. The van der Waals surface area contributed by atoms with Gasteiger partial charge in [0.2, 0.25) is 5.91 Å². The number of hydrogen-bond acceptors (Lipinski definition) is 3. The van der Waals surface area contributed by atoms with Crippen LogP contribution < -0.4 is 5.32 Å². The third-order valence-corrected chi connectivity index (χ3v) is 3.06. The third kappa shape index (κ3) is 4.06. The van der Waals surface area contributed by atoms with E-state index in [9.17, 15) is 4.79 Å². The van der Waals surface area contributed by atoms with Crippen LogP contribution in [0.1, 0.15) is 31.4 Å². The van der Waals surface area contributed by atoms with E-state index in [0.717, 1.165) is 31.7 Å². The highest BCUT2D eigenvalue weighted by Gasteiger charge is 2.18. The smallest absolute Gasteiger partial charge is 0.249 e. The van der Waals surface area contributed by atoms with Crippen molar-refractivity contribution in [2.75, 3.05) is 18.5 Å². The molecule has 1 saturated heterocycles. The lowest BCUT2D eigenvalue weighted by molar-refractivity contribution is -0.111. The molecule has 0 aliphatic carbocycles. The van der Waals surface area contributed by atoms with Crippen LogP contribution in [-0.4, -0.2) is 29.3 Å². The van der Waals surface area contributed by atoms with Crippen LogP contribution in [0.25, 0.3) is 0 Å². The SMILES string of the molecule is C/C=C/C=C/C(=O)Nc1cc(C2CCOCC2)[nH]n1. The molecule has 1 aliphatic rings. The maximum absolute atomic E-state index is 11.6. The average Bonchev–Trinajstić information content (AvgIpc) is 2.88. The monoisotopic (exact) mass is 261 g/mol. The van der Waals surface area contributed by atoms with Crippen molar-refractivity contribution >= 4 is 11.7 Å². The van der Waals surface area contributed by atoms with Crippen LogP contribution in [0.15, 0.2) is 30.4 Å². The fraction of sp³-hybridized carbons (Fsp3) is 0.429. The Labute approximate surface area is 112 Å². The number of hydrogen-bond donors (Lipinski definition) is 2. The summed E-state index contributed by atoms with van der Waals surface area (Å²) in [7, 11) is 0. The predicted molar refractivity (Wildman–Crippen MR) is 74.0 cm³/mol. The van der Waals surface area contributed by atoms with E-state index >= 15 is 0 Å². The van der Waals surface area contributed by atoms with Gasteiger partial charge in [0.05, 0.1) is 0 Å². The number of ether oxygens (including phenoxy) is 1. The second kappa shape index (κ2) is 6.89. The minimum absolute atomic E-state index is 0.178. The maximum Gasteiger partial charge on any atom is 0.249 e. The van der Waals surface area contributed by atoms with Crippen LogP contribution in [0.4, 0.5) is 5.82 Å². The van der Waals surface area contributed by atoms with E-state index in [1.165, 1.54) is 6.08 Å². The van der Waals surface area contributed by atoms with Crippen molar-refractivity contribution in [3.8, 4) is 0 Å². The maximum atomic E-state index is 11.6. The summed E-state index contributed by atoms with van der Waals surface area (Å²) in [4.78, 5) is 11.6. The number of anilines is 1. The number of nitrogens with zero attached hydrogens (tertiary/aromatic N) is 1. The minimum Gasteiger partial charge on any atom is -0.381 e. The van der Waals surface area contributed by atoms with Gasteiger partial charge in [0.25, 0.3) is 0 Å². The molecule has 0 bridgehead atoms. The Hall–Kier alpha value is -1.88. The summed E-state index contributed by atoms with van der Waals surface area (Å²) in [5, 5.41) is 9.83. The molecule has 1 aliphatic heterocycles. The molecule has 19 heavy (non-hydrogen) atoms. The first-order valence-corrected chi connectivity index (χ1v) is 6.53. The molecule has 1 aromatic rings. The van der Waals surface area contributed by atoms with E-state index in [1.54, 1.807) is 12.2 Å². The fourth-order valence-electron chi connectivity index (χ4n) is 2.04. The molecule has 2 heterocycles. The fourth-order valence-corrected chi connectivity index (χ4v) is 2.04. The second-order valence-corrected chi connectivity index (χ2v) is 4.47. The van der Waals surface area contributed by atoms with Gasteiger partial charge in [-0.1, -0.05) is 18.2 Å². The highest BCUT2D eigenvalue weighted by atomic mass is 16.5. The van der Waals surface area contributed by atoms with Crippen molar-refractivity contribution in [3.05, 3.63) is 36.1 Å². The zero-order valence-electron chi connectivity index (χ0n) is 11.1. The van der Waals surface area contributed by atoms with E-state index in [1.807, 2.05) is 19.1 Å². The second-order valence-electron chi connectivity index (χ2n) is 4.47. The first-order valence-electron chi connectivity index (χ1n) is 6.53. The molecule has 0 spiro atoms. The number of H-pyrrole nitrogens is 1. The normalized spacial score (nSPS) is 17.3. The number of rotatable bonds is 4. The van der Waals surface area contributed by atoms with Crippen LogP contribution in [0, 0.1) is 0 Å². The zero-order valence-corrected chi connectivity index (χ0v) is 11.1. The van der Waals surface area contributed by atoms with Crippen LogP contribution >= 0.6 is 0 Å². The highest BCUT2D eigenvalue weighted by molar-refractivity contribution is 5.98. The summed E-state index contributed by atoms with van der Waals surface area (Å²) < 4.78 is 5.33. The van der Waals surface area contributed by atoms with Crippen LogP contribution in [0.5, 0.6) is 0 Å². The van der Waals surface area contributed by atoms with E-state index in [2.05, 4.69) is 15.5 Å². The molecular weight excluding hydrogens is 242 g/mol. The molecule has 5 nitrogen and oxygen atoms in total. The van der Waals surface area contributed by atoms with Crippen molar-refractivity contribution < 1.29 is 9.53 Å². The van der Waals surface area contributed by atoms with E-state index in [0.29, 0.717) is 11.7 Å². The summed E-state index contributed by atoms with van der Waals surface area (Å²) in [6.07, 6.45) is 8.83. The Morgan fingerprint density at radius 2 is 2.26 bits per heavy atom. The van der Waals surface area contributed by atoms with Gasteiger partial charge in [-0.3, -0.25) is 9.89 Å². The molecule has 102 valence electrons. The van der Waals surface area contributed by atoms with Crippen molar-refractivity contribution in [3.63, 3.8) is 0 Å². The summed E-state index contributed by atoms with van der Waals surface area (Å²) in [5.74, 6) is 0.838. The average molecular weight is 261 g/mol. The summed E-state index contributed by atoms with van der Waals surface area (Å²) in [6, 6.07) is 1.90. The number of carbonyl (C=O) groups is 1. The Morgan fingerprint density at radius 1 is 1.47 bits per heavy atom. The number of aromatic amines is 1. The Morgan fingerprint density at radius 3 is 3.00 bits per heavy atom. The molecule has 1 fully saturated rings. The lowest BCUT2D eigenvalue weighted by Gasteiger charge is -2.20. The molecule has 2 rings (SSSR count). The molecule has 1 aromatic heterocycles. The number of amides is 1. The molecule has 0 atom stereocenters. The van der Waals surface area contributed by atoms with Crippen LogP contribution in [-0.2, 0) is 9.53 Å². The van der Waals surface area contributed by atoms with Gasteiger partial charge < -0.3 is 10.1 Å². The number of allylic oxidation sites excluding steroid dienone is 3. The van der Waals surface area contributed by atoms with Gasteiger partial charge in [0, 0.05) is 37.0 Å². The summed E-state index contributed by atoms with van der Waals surface area (Å²) in [6.45, 7) is 3.48. The first-order chi connectivity index (χ1) is 9.29. The van der Waals surface area contributed by atoms with E-state index in [4.69, 9.17) is 4.74 Å². The van der Waals surface area contributed by atoms with Crippen molar-refractivity contribution in [2.24, 2.45) is 0 Å². The molecule has 0 aromatic carbocycles. The topological polar surface area (TPSA) is 67.0 Å². The lowest BCUT2D eigenvalue weighted by atomic mass is 9.97. The van der Waals surface area contributed by atoms with Crippen molar-refractivity contribution in [1.29, 1.82) is 0 Å². The predicted octanol–water partition coefficient (Wildman–Crippen LogP) is 2.37. The third-order valence-electron chi connectivity index (χ3n) is 3.06. The largest absolute Gasteiger partial charge is 0.381 e. The van der Waals surface area contributed by atoms with E-state index < -0.39 is 0 Å². The molecule has 0 saturated carbocycles. The lowest BCUT2D eigenvalue weighted by Crippen LogP contribution is -2.14. The van der Waals surface area contributed by atoms with Gasteiger partial charge >= 0.3 is 0 Å². The molecular formula is C14H19N3O2. The molecule has 0 unspecified atom stereocenters. The molecule has 2 N–H and O–H groups in total. The Bertz CT molecular complexity index is 471. The number of aromatic nitrogens is 2. The van der Waals surface area contributed by atoms with Gasteiger partial charge in [-0.25, -0.2) is 0 Å². The van der Waals surface area contributed by atoms with Crippen molar-refractivity contribution in [1.82, 2.24) is 10.2 Å². The summed E-state index contributed by atoms with van der Waals surface area (Å²) in [5.41, 5.74) is 1.07. The standard InChI is InChI=1S/C14H19N3O2/c1-2-3-4-5-14(18)15-13-10-12(16-17-13)11-6-8-19-9-7-11/h2-5,10-11H,6-9H2,1H3,(H2,15,16,17,18)/b3-2+,5-4+.